The number of primary amides is 1. The van der Waals surface area contributed by atoms with Crippen LogP contribution in [0.5, 0.6) is 11.6 Å². The number of nitrogens with two attached hydrogens (primary N) is 1. The SMILES string of the molecule is NC(=O)c1ccc(Oc2cccc3c(C=O)cccc23)nc1. The van der Waals surface area contributed by atoms with Crippen molar-refractivity contribution in [2.75, 3.05) is 0 Å². The second kappa shape index (κ2) is 5.65. The van der Waals surface area contributed by atoms with E-state index in [-0.39, 0.29) is 0 Å². The van der Waals surface area contributed by atoms with Gasteiger partial charge in [-0.3, -0.25) is 9.59 Å². The van der Waals surface area contributed by atoms with Gasteiger partial charge in [-0.1, -0.05) is 30.3 Å². The molecule has 108 valence electrons. The molecule has 5 nitrogen and oxygen atoms in total. The van der Waals surface area contributed by atoms with Crippen molar-refractivity contribution in [3.8, 4) is 11.6 Å². The third-order valence-corrected chi connectivity index (χ3v) is 3.28. The van der Waals surface area contributed by atoms with E-state index in [1.807, 2.05) is 18.2 Å². The zero-order chi connectivity index (χ0) is 15.5. The van der Waals surface area contributed by atoms with Crippen LogP contribution in [-0.2, 0) is 0 Å². The number of aromatic nitrogens is 1. The molecule has 1 aromatic heterocycles. The lowest BCUT2D eigenvalue weighted by Gasteiger charge is -2.09. The average molecular weight is 292 g/mol. The van der Waals surface area contributed by atoms with Crippen LogP contribution in [0.25, 0.3) is 10.8 Å². The maximum absolute atomic E-state index is 11.1. The van der Waals surface area contributed by atoms with E-state index >= 15 is 0 Å². The monoisotopic (exact) mass is 292 g/mol. The summed E-state index contributed by atoms with van der Waals surface area (Å²) in [5.41, 5.74) is 6.08. The summed E-state index contributed by atoms with van der Waals surface area (Å²) >= 11 is 0. The molecule has 0 unspecified atom stereocenters. The summed E-state index contributed by atoms with van der Waals surface area (Å²) < 4.78 is 5.75. The van der Waals surface area contributed by atoms with Crippen molar-refractivity contribution in [1.82, 2.24) is 4.98 Å². The van der Waals surface area contributed by atoms with Gasteiger partial charge in [-0.15, -0.1) is 0 Å². The average Bonchev–Trinajstić information content (AvgIpc) is 2.55. The summed E-state index contributed by atoms with van der Waals surface area (Å²) in [4.78, 5) is 26.2. The highest BCUT2D eigenvalue weighted by Crippen LogP contribution is 2.30. The Balaban J connectivity index is 2.00. The molecule has 0 fully saturated rings. The van der Waals surface area contributed by atoms with Crippen molar-refractivity contribution in [2.24, 2.45) is 5.73 Å². The Hall–Kier alpha value is -3.21. The summed E-state index contributed by atoms with van der Waals surface area (Å²) in [6, 6.07) is 14.0. The molecule has 5 heteroatoms. The van der Waals surface area contributed by atoms with E-state index in [0.29, 0.717) is 22.8 Å². The fraction of sp³-hybridized carbons (Fsp3) is 0. The molecule has 0 saturated heterocycles. The van der Waals surface area contributed by atoms with Crippen LogP contribution in [0.15, 0.2) is 54.7 Å². The Kier molecular flexibility index (Phi) is 3.53. The molecule has 0 bridgehead atoms. The van der Waals surface area contributed by atoms with Gasteiger partial charge in [0, 0.05) is 23.2 Å². The van der Waals surface area contributed by atoms with Gasteiger partial charge in [0.25, 0.3) is 0 Å². The molecule has 0 atom stereocenters. The van der Waals surface area contributed by atoms with Crippen LogP contribution in [-0.4, -0.2) is 17.2 Å². The zero-order valence-electron chi connectivity index (χ0n) is 11.5. The first-order chi connectivity index (χ1) is 10.7. The fourth-order valence-corrected chi connectivity index (χ4v) is 2.20. The van der Waals surface area contributed by atoms with Crippen LogP contribution in [0.1, 0.15) is 20.7 Å². The number of carbonyl (C=O) groups excluding carboxylic acids is 2. The van der Waals surface area contributed by atoms with Crippen molar-refractivity contribution < 1.29 is 14.3 Å². The molecule has 0 spiro atoms. The lowest BCUT2D eigenvalue weighted by atomic mass is 10.0. The quantitative estimate of drug-likeness (QED) is 0.749. The fourth-order valence-electron chi connectivity index (χ4n) is 2.20. The first-order valence-electron chi connectivity index (χ1n) is 6.59. The Morgan fingerprint density at radius 2 is 1.82 bits per heavy atom. The lowest BCUT2D eigenvalue weighted by Crippen LogP contribution is -2.10. The van der Waals surface area contributed by atoms with Crippen LogP contribution in [0.2, 0.25) is 0 Å². The Labute approximate surface area is 126 Å². The first-order valence-corrected chi connectivity index (χ1v) is 6.59. The van der Waals surface area contributed by atoms with Gasteiger partial charge < -0.3 is 10.5 Å². The molecule has 1 amide bonds. The van der Waals surface area contributed by atoms with E-state index in [4.69, 9.17) is 10.5 Å². The standard InChI is InChI=1S/C17H12N2O3/c18-17(21)11-7-8-16(19-9-11)22-15-6-2-4-13-12(10-20)3-1-5-14(13)15/h1-10H,(H2,18,21). The number of pyridine rings is 1. The Bertz CT molecular complexity index is 857. The summed E-state index contributed by atoms with van der Waals surface area (Å²) in [5.74, 6) is 0.384. The highest BCUT2D eigenvalue weighted by Gasteiger charge is 2.08. The maximum Gasteiger partial charge on any atom is 0.250 e. The van der Waals surface area contributed by atoms with Crippen LogP contribution in [0, 0.1) is 0 Å². The van der Waals surface area contributed by atoms with Crippen molar-refractivity contribution in [1.29, 1.82) is 0 Å². The highest BCUT2D eigenvalue weighted by atomic mass is 16.5. The number of rotatable bonds is 4. The van der Waals surface area contributed by atoms with E-state index in [1.165, 1.54) is 6.20 Å². The minimum Gasteiger partial charge on any atom is -0.438 e. The van der Waals surface area contributed by atoms with Gasteiger partial charge in [0.15, 0.2) is 6.29 Å². The highest BCUT2D eigenvalue weighted by molar-refractivity contribution is 6.00. The van der Waals surface area contributed by atoms with E-state index < -0.39 is 5.91 Å². The number of ether oxygens (including phenoxy) is 1. The molecule has 22 heavy (non-hydrogen) atoms. The zero-order valence-corrected chi connectivity index (χ0v) is 11.5. The molecule has 0 radical (unpaired) electrons. The molecule has 1 heterocycles. The van der Waals surface area contributed by atoms with Gasteiger partial charge in [-0.25, -0.2) is 4.98 Å². The van der Waals surface area contributed by atoms with Gasteiger partial charge in [0.2, 0.25) is 11.8 Å². The van der Waals surface area contributed by atoms with Crippen LogP contribution < -0.4 is 10.5 Å². The third kappa shape index (κ3) is 2.52. The van der Waals surface area contributed by atoms with Crippen molar-refractivity contribution in [3.05, 3.63) is 65.9 Å². The molecular formula is C17H12N2O3. The van der Waals surface area contributed by atoms with Gasteiger partial charge in [-0.2, -0.15) is 0 Å². The smallest absolute Gasteiger partial charge is 0.250 e. The minimum atomic E-state index is -0.542. The number of carbonyl (C=O) groups is 2. The number of benzene rings is 2. The molecule has 0 aliphatic heterocycles. The Morgan fingerprint density at radius 1 is 1.05 bits per heavy atom. The molecule has 2 aromatic carbocycles. The summed E-state index contributed by atoms with van der Waals surface area (Å²) in [7, 11) is 0. The minimum absolute atomic E-state index is 0.313. The van der Waals surface area contributed by atoms with Crippen molar-refractivity contribution in [3.63, 3.8) is 0 Å². The predicted molar refractivity (Wildman–Crippen MR) is 82.2 cm³/mol. The van der Waals surface area contributed by atoms with Gasteiger partial charge in [0.05, 0.1) is 5.56 Å². The predicted octanol–water partition coefficient (Wildman–Crippen LogP) is 2.94. The lowest BCUT2D eigenvalue weighted by molar-refractivity contribution is 0.0999. The second-order valence-corrected chi connectivity index (χ2v) is 4.67. The summed E-state index contributed by atoms with van der Waals surface area (Å²) in [6.07, 6.45) is 2.17. The molecule has 0 aliphatic rings. The molecule has 3 aromatic rings. The van der Waals surface area contributed by atoms with Gasteiger partial charge in [-0.05, 0) is 17.5 Å². The van der Waals surface area contributed by atoms with Crippen LogP contribution >= 0.6 is 0 Å². The molecule has 3 rings (SSSR count). The van der Waals surface area contributed by atoms with Gasteiger partial charge in [0.1, 0.15) is 5.75 Å². The number of hydrogen-bond acceptors (Lipinski definition) is 4. The summed E-state index contributed by atoms with van der Waals surface area (Å²) in [5, 5.41) is 1.62. The third-order valence-electron chi connectivity index (χ3n) is 3.28. The van der Waals surface area contributed by atoms with Crippen LogP contribution in [0.4, 0.5) is 0 Å². The van der Waals surface area contributed by atoms with E-state index in [1.54, 1.807) is 30.3 Å². The number of amides is 1. The van der Waals surface area contributed by atoms with E-state index in [2.05, 4.69) is 4.98 Å². The molecule has 0 aliphatic carbocycles. The topological polar surface area (TPSA) is 82.3 Å². The molecular weight excluding hydrogens is 280 g/mol. The van der Waals surface area contributed by atoms with Crippen molar-refractivity contribution in [2.45, 2.75) is 0 Å². The van der Waals surface area contributed by atoms with E-state index in [0.717, 1.165) is 17.1 Å². The number of hydrogen-bond donors (Lipinski definition) is 1. The Morgan fingerprint density at radius 3 is 2.50 bits per heavy atom. The number of nitrogens with zero attached hydrogens (tertiary/aromatic N) is 1. The number of fused-ring (bicyclic) bond motifs is 1. The molecule has 2 N–H and O–H groups in total. The number of aldehydes is 1. The molecule has 0 saturated carbocycles. The van der Waals surface area contributed by atoms with Gasteiger partial charge >= 0.3 is 0 Å². The normalized spacial score (nSPS) is 10.4. The largest absolute Gasteiger partial charge is 0.438 e. The van der Waals surface area contributed by atoms with E-state index in [9.17, 15) is 9.59 Å². The second-order valence-electron chi connectivity index (χ2n) is 4.67. The summed E-state index contributed by atoms with van der Waals surface area (Å²) in [6.45, 7) is 0. The van der Waals surface area contributed by atoms with Crippen molar-refractivity contribution >= 4 is 23.0 Å². The van der Waals surface area contributed by atoms with Crippen LogP contribution in [0.3, 0.4) is 0 Å². The maximum atomic E-state index is 11.1. The first kappa shape index (κ1) is 13.8.